The second kappa shape index (κ2) is 7.64. The molecule has 0 saturated heterocycles. The maximum Gasteiger partial charge on any atom is 0.131 e. The van der Waals surface area contributed by atoms with Gasteiger partial charge in [0.25, 0.3) is 0 Å². The molecule has 0 atom stereocenters. The van der Waals surface area contributed by atoms with E-state index < -0.39 is 0 Å². The van der Waals surface area contributed by atoms with Gasteiger partial charge in [0, 0.05) is 30.9 Å². The molecule has 0 amide bonds. The highest BCUT2D eigenvalue weighted by molar-refractivity contribution is 5.36. The maximum atomic E-state index is 5.87. The molecule has 1 aromatic carbocycles. The minimum atomic E-state index is 0.430. The van der Waals surface area contributed by atoms with Crippen molar-refractivity contribution in [2.45, 2.75) is 33.4 Å². The van der Waals surface area contributed by atoms with Gasteiger partial charge in [-0.05, 0) is 25.1 Å². The number of hydrogen-bond donors (Lipinski definition) is 1. The summed E-state index contributed by atoms with van der Waals surface area (Å²) in [7, 11) is 0. The zero-order valence-corrected chi connectivity index (χ0v) is 12.8. The first-order valence-corrected chi connectivity index (χ1v) is 7.26. The number of nitrogens with one attached hydrogen (secondary N) is 1. The van der Waals surface area contributed by atoms with Gasteiger partial charge in [-0.15, -0.1) is 0 Å². The fourth-order valence-corrected chi connectivity index (χ4v) is 1.86. The van der Waals surface area contributed by atoms with E-state index in [0.29, 0.717) is 12.6 Å². The molecule has 4 nitrogen and oxygen atoms in total. The molecule has 0 aliphatic carbocycles. The monoisotopic (exact) mass is 286 g/mol. The van der Waals surface area contributed by atoms with E-state index in [2.05, 4.69) is 24.1 Å². The molecule has 0 spiro atoms. The predicted octanol–water partition coefficient (Wildman–Crippen LogP) is 3.77. The van der Waals surface area contributed by atoms with Gasteiger partial charge in [0.05, 0.1) is 12.3 Å². The van der Waals surface area contributed by atoms with Crippen molar-refractivity contribution in [3.63, 3.8) is 0 Å². The van der Waals surface area contributed by atoms with Crippen LogP contribution in [0, 0.1) is 0 Å². The Hall–Kier alpha value is -2.07. The van der Waals surface area contributed by atoms with Crippen molar-refractivity contribution in [2.24, 2.45) is 0 Å². The maximum absolute atomic E-state index is 5.87. The molecule has 2 aromatic rings. The Morgan fingerprint density at radius 1 is 1.10 bits per heavy atom. The van der Waals surface area contributed by atoms with Crippen molar-refractivity contribution < 1.29 is 9.47 Å². The Labute approximate surface area is 126 Å². The third-order valence-corrected chi connectivity index (χ3v) is 2.83. The van der Waals surface area contributed by atoms with Gasteiger partial charge in [-0.2, -0.15) is 0 Å². The fourth-order valence-electron chi connectivity index (χ4n) is 1.86. The molecule has 2 rings (SSSR count). The first-order valence-electron chi connectivity index (χ1n) is 7.26. The van der Waals surface area contributed by atoms with Gasteiger partial charge in [-0.3, -0.25) is 4.98 Å². The largest absolute Gasteiger partial charge is 0.494 e. The van der Waals surface area contributed by atoms with E-state index in [4.69, 9.17) is 9.47 Å². The lowest BCUT2D eigenvalue weighted by Gasteiger charge is -2.10. The molecule has 21 heavy (non-hydrogen) atoms. The fraction of sp³-hybridized carbons (Fsp3) is 0.353. The van der Waals surface area contributed by atoms with Crippen LogP contribution in [0.4, 0.5) is 0 Å². The number of aromatic nitrogens is 1. The Bertz CT molecular complexity index is 570. The number of hydrogen-bond acceptors (Lipinski definition) is 4. The summed E-state index contributed by atoms with van der Waals surface area (Å²) in [6, 6.07) is 11.9. The molecule has 4 heteroatoms. The third kappa shape index (κ3) is 5.08. The summed E-state index contributed by atoms with van der Waals surface area (Å²) in [5, 5.41) is 3.34. The Morgan fingerprint density at radius 3 is 2.62 bits per heavy atom. The van der Waals surface area contributed by atoms with Crippen LogP contribution in [-0.4, -0.2) is 17.6 Å². The lowest BCUT2D eigenvalue weighted by molar-refractivity contribution is 0.338. The molecule has 1 N–H and O–H groups in total. The summed E-state index contributed by atoms with van der Waals surface area (Å²) >= 11 is 0. The molecule has 0 aliphatic heterocycles. The average molecular weight is 286 g/mol. The highest BCUT2D eigenvalue weighted by atomic mass is 16.5. The average Bonchev–Trinajstić information content (AvgIpc) is 2.46. The van der Waals surface area contributed by atoms with Crippen LogP contribution in [0.5, 0.6) is 17.2 Å². The summed E-state index contributed by atoms with van der Waals surface area (Å²) in [6.45, 7) is 7.56. The number of pyridine rings is 1. The van der Waals surface area contributed by atoms with Gasteiger partial charge in [-0.1, -0.05) is 19.9 Å². The van der Waals surface area contributed by atoms with Crippen LogP contribution in [0.1, 0.15) is 26.5 Å². The van der Waals surface area contributed by atoms with Gasteiger partial charge in [0.15, 0.2) is 0 Å². The highest BCUT2D eigenvalue weighted by Gasteiger charge is 2.02. The van der Waals surface area contributed by atoms with Crippen molar-refractivity contribution in [3.05, 3.63) is 48.3 Å². The Balaban J connectivity index is 2.05. The quantitative estimate of drug-likeness (QED) is 0.841. The number of benzene rings is 1. The molecular formula is C17H22N2O2. The molecule has 0 radical (unpaired) electrons. The molecule has 0 bridgehead atoms. The molecule has 1 heterocycles. The molecular weight excluding hydrogens is 264 g/mol. The van der Waals surface area contributed by atoms with Crippen molar-refractivity contribution in [3.8, 4) is 17.2 Å². The smallest absolute Gasteiger partial charge is 0.131 e. The predicted molar refractivity (Wildman–Crippen MR) is 83.9 cm³/mol. The lowest BCUT2D eigenvalue weighted by atomic mass is 10.3. The van der Waals surface area contributed by atoms with Crippen molar-refractivity contribution in [1.82, 2.24) is 10.3 Å². The minimum Gasteiger partial charge on any atom is -0.494 e. The zero-order chi connectivity index (χ0) is 15.1. The Morgan fingerprint density at radius 2 is 1.86 bits per heavy atom. The number of nitrogens with zero attached hydrogens (tertiary/aromatic N) is 1. The normalized spacial score (nSPS) is 10.7. The van der Waals surface area contributed by atoms with Crippen LogP contribution in [0.3, 0.4) is 0 Å². The topological polar surface area (TPSA) is 43.4 Å². The minimum absolute atomic E-state index is 0.430. The van der Waals surface area contributed by atoms with E-state index in [1.54, 1.807) is 6.20 Å². The number of rotatable bonds is 7. The van der Waals surface area contributed by atoms with Crippen molar-refractivity contribution in [1.29, 1.82) is 0 Å². The summed E-state index contributed by atoms with van der Waals surface area (Å²) in [5.74, 6) is 2.35. The first kappa shape index (κ1) is 15.3. The van der Waals surface area contributed by atoms with E-state index in [0.717, 1.165) is 29.5 Å². The van der Waals surface area contributed by atoms with Gasteiger partial charge >= 0.3 is 0 Å². The molecule has 112 valence electrons. The Kier molecular flexibility index (Phi) is 5.58. The SMILES string of the molecule is CCOc1cccc(Oc2ccnc(CNC(C)C)c2)c1. The third-order valence-electron chi connectivity index (χ3n) is 2.83. The highest BCUT2D eigenvalue weighted by Crippen LogP contribution is 2.25. The van der Waals surface area contributed by atoms with Gasteiger partial charge in [0.2, 0.25) is 0 Å². The second-order valence-electron chi connectivity index (χ2n) is 5.03. The van der Waals surface area contributed by atoms with Crippen LogP contribution in [0.2, 0.25) is 0 Å². The van der Waals surface area contributed by atoms with Crippen LogP contribution in [0.25, 0.3) is 0 Å². The molecule has 0 unspecified atom stereocenters. The summed E-state index contributed by atoms with van der Waals surface area (Å²) in [6.07, 6.45) is 1.76. The summed E-state index contributed by atoms with van der Waals surface area (Å²) in [5.41, 5.74) is 0.960. The van der Waals surface area contributed by atoms with Gasteiger partial charge in [-0.25, -0.2) is 0 Å². The standard InChI is InChI=1S/C17H22N2O2/c1-4-20-15-6-5-7-16(11-15)21-17-8-9-18-14(10-17)12-19-13(2)3/h5-11,13,19H,4,12H2,1-3H3. The molecule has 0 fully saturated rings. The molecule has 0 saturated carbocycles. The summed E-state index contributed by atoms with van der Waals surface area (Å²) < 4.78 is 11.3. The van der Waals surface area contributed by atoms with E-state index in [-0.39, 0.29) is 0 Å². The van der Waals surface area contributed by atoms with Crippen LogP contribution >= 0.6 is 0 Å². The molecule has 0 aliphatic rings. The lowest BCUT2D eigenvalue weighted by Crippen LogP contribution is -2.22. The van der Waals surface area contributed by atoms with Crippen LogP contribution < -0.4 is 14.8 Å². The van der Waals surface area contributed by atoms with Crippen LogP contribution in [0.15, 0.2) is 42.6 Å². The van der Waals surface area contributed by atoms with E-state index in [9.17, 15) is 0 Å². The van der Waals surface area contributed by atoms with Crippen LogP contribution in [-0.2, 0) is 6.54 Å². The van der Waals surface area contributed by atoms with E-state index in [1.165, 1.54) is 0 Å². The first-order chi connectivity index (χ1) is 10.2. The summed E-state index contributed by atoms with van der Waals surface area (Å²) in [4.78, 5) is 4.33. The molecule has 1 aromatic heterocycles. The second-order valence-corrected chi connectivity index (χ2v) is 5.03. The number of ether oxygens (including phenoxy) is 2. The van der Waals surface area contributed by atoms with E-state index in [1.807, 2.05) is 43.3 Å². The van der Waals surface area contributed by atoms with Crippen molar-refractivity contribution in [2.75, 3.05) is 6.61 Å². The zero-order valence-electron chi connectivity index (χ0n) is 12.8. The van der Waals surface area contributed by atoms with Gasteiger partial charge < -0.3 is 14.8 Å². The van der Waals surface area contributed by atoms with Crippen molar-refractivity contribution >= 4 is 0 Å². The van der Waals surface area contributed by atoms with E-state index >= 15 is 0 Å². The van der Waals surface area contributed by atoms with Gasteiger partial charge in [0.1, 0.15) is 17.2 Å².